The van der Waals surface area contributed by atoms with Crippen LogP contribution in [0.3, 0.4) is 0 Å². The number of fused-ring (bicyclic) bond motifs is 1. The minimum absolute atomic E-state index is 0.144. The van der Waals surface area contributed by atoms with E-state index < -0.39 is 17.6 Å². The molecule has 0 aromatic carbocycles. The van der Waals surface area contributed by atoms with E-state index in [2.05, 4.69) is 37.0 Å². The summed E-state index contributed by atoms with van der Waals surface area (Å²) in [5.41, 5.74) is 7.68. The monoisotopic (exact) mass is 534 g/mol. The second-order valence-corrected chi connectivity index (χ2v) is 9.16. The zero-order valence-corrected chi connectivity index (χ0v) is 21.0. The van der Waals surface area contributed by atoms with Crippen LogP contribution in [0.4, 0.5) is 24.9 Å². The van der Waals surface area contributed by atoms with Crippen LogP contribution in [0.25, 0.3) is 17.0 Å². The number of alkyl halides is 3. The Morgan fingerprint density at radius 2 is 2.00 bits per heavy atom. The molecule has 1 amide bonds. The normalized spacial score (nSPS) is 16.1. The molecule has 4 aromatic heterocycles. The third-order valence-electron chi connectivity index (χ3n) is 6.57. The van der Waals surface area contributed by atoms with E-state index in [1.165, 1.54) is 12.3 Å². The Morgan fingerprint density at radius 1 is 1.18 bits per heavy atom. The second-order valence-electron chi connectivity index (χ2n) is 9.16. The van der Waals surface area contributed by atoms with Gasteiger partial charge in [0.2, 0.25) is 5.95 Å². The van der Waals surface area contributed by atoms with Gasteiger partial charge in [0, 0.05) is 31.1 Å². The number of nitrogen functional groups attached to an aromatic ring is 1. The van der Waals surface area contributed by atoms with E-state index in [0.29, 0.717) is 18.1 Å². The average Bonchev–Trinajstić information content (AvgIpc) is 3.33. The van der Waals surface area contributed by atoms with E-state index in [0.717, 1.165) is 55.5 Å². The number of nitrogens with zero attached hydrogens (tertiary/aromatic N) is 6. The van der Waals surface area contributed by atoms with Crippen molar-refractivity contribution in [3.8, 4) is 23.4 Å². The molecule has 1 aliphatic heterocycles. The first kappa shape index (κ1) is 26.1. The summed E-state index contributed by atoms with van der Waals surface area (Å²) in [4.78, 5) is 32.3. The predicted octanol–water partition coefficient (Wildman–Crippen LogP) is 4.24. The number of anilines is 2. The molecule has 5 heterocycles. The third kappa shape index (κ3) is 5.53. The highest BCUT2D eigenvalue weighted by molar-refractivity contribution is 6.03. The van der Waals surface area contributed by atoms with Crippen LogP contribution >= 0.6 is 0 Å². The number of likely N-dealkylation sites (tertiary alicyclic amines) is 1. The lowest BCUT2D eigenvalue weighted by Crippen LogP contribution is -2.34. The summed E-state index contributed by atoms with van der Waals surface area (Å²) in [7, 11) is 0. The summed E-state index contributed by atoms with van der Waals surface area (Å²) in [6.07, 6.45) is 1.41. The average molecular weight is 535 g/mol. The third-order valence-corrected chi connectivity index (χ3v) is 6.57. The number of aromatic nitrogens is 5. The van der Waals surface area contributed by atoms with Gasteiger partial charge in [-0.3, -0.25) is 19.1 Å². The number of carbonyl (C=O) groups is 1. The van der Waals surface area contributed by atoms with Crippen molar-refractivity contribution >= 4 is 23.2 Å². The molecule has 9 nitrogen and oxygen atoms in total. The van der Waals surface area contributed by atoms with Crippen LogP contribution in [0, 0.1) is 11.8 Å². The van der Waals surface area contributed by atoms with Crippen molar-refractivity contribution in [3.63, 3.8) is 0 Å². The van der Waals surface area contributed by atoms with E-state index in [-0.39, 0.29) is 23.2 Å². The molecule has 4 aromatic rings. The molecular formula is C27H25F3N8O. The predicted molar refractivity (Wildman–Crippen MR) is 140 cm³/mol. The number of nitrogens with one attached hydrogen (secondary N) is 1. The Bertz CT molecular complexity index is 1570. The van der Waals surface area contributed by atoms with Gasteiger partial charge >= 0.3 is 6.18 Å². The fourth-order valence-electron chi connectivity index (χ4n) is 4.69. The molecule has 5 rings (SSSR count). The van der Waals surface area contributed by atoms with Crippen molar-refractivity contribution < 1.29 is 18.0 Å². The number of rotatable bonds is 5. The van der Waals surface area contributed by atoms with Gasteiger partial charge in [-0.1, -0.05) is 5.92 Å². The zero-order chi connectivity index (χ0) is 27.6. The molecule has 0 bridgehead atoms. The smallest absolute Gasteiger partial charge is 0.369 e. The van der Waals surface area contributed by atoms with Gasteiger partial charge in [0.05, 0.1) is 28.9 Å². The Morgan fingerprint density at radius 3 is 2.74 bits per heavy atom. The van der Waals surface area contributed by atoms with E-state index >= 15 is 0 Å². The van der Waals surface area contributed by atoms with Crippen LogP contribution in [0.1, 0.15) is 47.3 Å². The highest BCUT2D eigenvalue weighted by atomic mass is 19.4. The first-order valence-electron chi connectivity index (χ1n) is 12.3. The molecule has 0 spiro atoms. The lowest BCUT2D eigenvalue weighted by Gasteiger charge is -2.30. The van der Waals surface area contributed by atoms with Crippen LogP contribution in [0.15, 0.2) is 48.9 Å². The number of imidazole rings is 1. The Labute approximate surface area is 222 Å². The van der Waals surface area contributed by atoms with Gasteiger partial charge in [-0.2, -0.15) is 13.2 Å². The Balaban J connectivity index is 1.42. The molecule has 0 radical (unpaired) electrons. The number of hydrogen-bond acceptors (Lipinski definition) is 7. The summed E-state index contributed by atoms with van der Waals surface area (Å²) in [5, 5.41) is 2.38. The largest absolute Gasteiger partial charge is 0.416 e. The lowest BCUT2D eigenvalue weighted by molar-refractivity contribution is -0.137. The maximum Gasteiger partial charge on any atom is 0.416 e. The summed E-state index contributed by atoms with van der Waals surface area (Å²) < 4.78 is 40.7. The van der Waals surface area contributed by atoms with Crippen LogP contribution in [-0.4, -0.2) is 54.8 Å². The van der Waals surface area contributed by atoms with E-state index in [1.54, 1.807) is 16.7 Å². The van der Waals surface area contributed by atoms with Gasteiger partial charge in [-0.25, -0.2) is 15.0 Å². The first-order chi connectivity index (χ1) is 18.7. The lowest BCUT2D eigenvalue weighted by atomic mass is 9.94. The van der Waals surface area contributed by atoms with Crippen LogP contribution in [-0.2, 0) is 6.18 Å². The molecule has 0 saturated carbocycles. The molecule has 1 unspecified atom stereocenters. The number of pyridine rings is 2. The second kappa shape index (κ2) is 10.7. The van der Waals surface area contributed by atoms with Gasteiger partial charge in [0.15, 0.2) is 5.82 Å². The minimum Gasteiger partial charge on any atom is -0.369 e. The van der Waals surface area contributed by atoms with Crippen molar-refractivity contribution in [2.24, 2.45) is 0 Å². The van der Waals surface area contributed by atoms with Crippen molar-refractivity contribution in [2.45, 2.75) is 31.9 Å². The number of amides is 1. The topological polar surface area (TPSA) is 114 Å². The quantitative estimate of drug-likeness (QED) is 0.368. The number of hydrogen-bond donors (Lipinski definition) is 2. The van der Waals surface area contributed by atoms with Crippen LogP contribution < -0.4 is 11.1 Å². The van der Waals surface area contributed by atoms with Gasteiger partial charge in [0.25, 0.3) is 5.91 Å². The van der Waals surface area contributed by atoms with Gasteiger partial charge in [-0.05, 0) is 56.6 Å². The summed E-state index contributed by atoms with van der Waals surface area (Å²) in [5.74, 6) is 6.13. The number of carbonyl (C=O) groups excluding carboxylic acids is 1. The molecule has 200 valence electrons. The number of piperidine rings is 1. The first-order valence-corrected chi connectivity index (χ1v) is 12.3. The van der Waals surface area contributed by atoms with E-state index in [9.17, 15) is 18.0 Å². The number of halogens is 3. The molecule has 1 atom stereocenters. The minimum atomic E-state index is -4.55. The Kier molecular flexibility index (Phi) is 7.17. The van der Waals surface area contributed by atoms with Crippen molar-refractivity contribution in [1.29, 1.82) is 0 Å². The molecule has 1 fully saturated rings. The molecule has 1 saturated heterocycles. The fraction of sp³-hybridized carbons (Fsp3) is 0.296. The van der Waals surface area contributed by atoms with Gasteiger partial charge < -0.3 is 11.1 Å². The SMILES string of the molecule is CC#CCN1CCCC(c2nc(-c3ccc(C(=O)Nc4cc(C(F)(F)F)ccn4)cn3)n3c(N)nccc23)C1. The van der Waals surface area contributed by atoms with E-state index in [4.69, 9.17) is 10.7 Å². The van der Waals surface area contributed by atoms with Crippen molar-refractivity contribution in [1.82, 2.24) is 29.2 Å². The number of nitrogens with two attached hydrogens (primary N) is 1. The molecule has 3 N–H and O–H groups in total. The Hall–Kier alpha value is -4.50. The maximum atomic E-state index is 13.0. The molecular weight excluding hydrogens is 509 g/mol. The summed E-state index contributed by atoms with van der Waals surface area (Å²) in [6.45, 7) is 4.33. The van der Waals surface area contributed by atoms with E-state index in [1.807, 2.05) is 13.0 Å². The fourth-order valence-corrected chi connectivity index (χ4v) is 4.69. The molecule has 1 aliphatic rings. The van der Waals surface area contributed by atoms with Gasteiger partial charge in [-0.15, -0.1) is 5.92 Å². The molecule has 39 heavy (non-hydrogen) atoms. The molecule has 0 aliphatic carbocycles. The summed E-state index contributed by atoms with van der Waals surface area (Å²) >= 11 is 0. The maximum absolute atomic E-state index is 13.0. The van der Waals surface area contributed by atoms with Crippen LogP contribution in [0.5, 0.6) is 0 Å². The van der Waals surface area contributed by atoms with Crippen molar-refractivity contribution in [3.05, 3.63) is 65.7 Å². The summed E-state index contributed by atoms with van der Waals surface area (Å²) in [6, 6.07) is 6.61. The molecule has 12 heteroatoms. The van der Waals surface area contributed by atoms with Gasteiger partial charge in [0.1, 0.15) is 11.5 Å². The zero-order valence-electron chi connectivity index (χ0n) is 21.0. The highest BCUT2D eigenvalue weighted by Crippen LogP contribution is 2.33. The van der Waals surface area contributed by atoms with Crippen LogP contribution in [0.2, 0.25) is 0 Å². The standard InChI is InChI=1S/C27H25F3N8O/c1-2-3-12-37-13-4-5-18(16-37)23-21-9-11-33-26(31)38(21)24(36-23)20-7-6-17(15-34-20)25(39)35-22-14-19(8-10-32-22)27(28,29)30/h6-11,14-15,18H,4-5,12-13,16H2,1H3,(H2,31,33)(H,32,35,39). The highest BCUT2D eigenvalue weighted by Gasteiger charge is 2.31. The van der Waals surface area contributed by atoms with Crippen molar-refractivity contribution in [2.75, 3.05) is 30.7 Å².